The minimum atomic E-state index is -0.191. The maximum absolute atomic E-state index is 12.6. The number of fused-ring (bicyclic) bond motifs is 1. The van der Waals surface area contributed by atoms with Crippen LogP contribution in [-0.4, -0.2) is 54.0 Å². The Balaban J connectivity index is 1.28. The molecule has 0 saturated carbocycles. The summed E-state index contributed by atoms with van der Waals surface area (Å²) >= 11 is 0. The molecule has 1 amide bonds. The van der Waals surface area contributed by atoms with Crippen molar-refractivity contribution >= 4 is 11.9 Å². The predicted molar refractivity (Wildman–Crippen MR) is 113 cm³/mol. The number of ether oxygens (including phenoxy) is 3. The van der Waals surface area contributed by atoms with Crippen molar-refractivity contribution in [3.05, 3.63) is 53.5 Å². The minimum absolute atomic E-state index is 0.191. The van der Waals surface area contributed by atoms with E-state index in [0.717, 1.165) is 41.2 Å². The standard InChI is InChI=1S/C22H23N5O4/c1-14-10-25-22(27-4-6-29-7-5-27)26-20(14)16-9-17(23-12-16)21(28)24-11-15-2-3-18-19(8-15)31-13-30-18/h2-3,8-10,12,23H,4-7,11,13H2,1H3,(H,24,28). The molecule has 2 aliphatic rings. The Morgan fingerprint density at radius 3 is 2.90 bits per heavy atom. The molecule has 5 rings (SSSR count). The van der Waals surface area contributed by atoms with E-state index in [2.05, 4.69) is 20.2 Å². The zero-order valence-corrected chi connectivity index (χ0v) is 17.2. The Labute approximate surface area is 179 Å². The van der Waals surface area contributed by atoms with Gasteiger partial charge in [0.2, 0.25) is 12.7 Å². The van der Waals surface area contributed by atoms with Crippen LogP contribution in [0.25, 0.3) is 11.3 Å². The Bertz CT molecular complexity index is 1110. The quantitative estimate of drug-likeness (QED) is 0.652. The number of rotatable bonds is 5. The number of carbonyl (C=O) groups is 1. The summed E-state index contributed by atoms with van der Waals surface area (Å²) in [6.07, 6.45) is 3.62. The number of aromatic amines is 1. The van der Waals surface area contributed by atoms with E-state index < -0.39 is 0 Å². The van der Waals surface area contributed by atoms with Crippen LogP contribution >= 0.6 is 0 Å². The number of morpholine rings is 1. The molecular formula is C22H23N5O4. The molecule has 2 N–H and O–H groups in total. The van der Waals surface area contributed by atoms with E-state index in [-0.39, 0.29) is 12.7 Å². The summed E-state index contributed by atoms with van der Waals surface area (Å²) < 4.78 is 16.1. The van der Waals surface area contributed by atoms with Crippen LogP contribution in [0.3, 0.4) is 0 Å². The summed E-state index contributed by atoms with van der Waals surface area (Å²) in [6.45, 7) is 5.45. The second-order valence-electron chi connectivity index (χ2n) is 7.47. The molecule has 4 heterocycles. The molecule has 2 aromatic heterocycles. The summed E-state index contributed by atoms with van der Waals surface area (Å²) in [5.41, 5.74) is 4.02. The second kappa shape index (κ2) is 8.27. The number of benzene rings is 1. The minimum Gasteiger partial charge on any atom is -0.454 e. The molecule has 3 aromatic rings. The summed E-state index contributed by atoms with van der Waals surface area (Å²) in [5.74, 6) is 1.91. The van der Waals surface area contributed by atoms with E-state index in [1.165, 1.54) is 0 Å². The largest absolute Gasteiger partial charge is 0.454 e. The Morgan fingerprint density at radius 1 is 1.19 bits per heavy atom. The van der Waals surface area contributed by atoms with Gasteiger partial charge in [-0.3, -0.25) is 4.79 Å². The van der Waals surface area contributed by atoms with Gasteiger partial charge < -0.3 is 29.4 Å². The van der Waals surface area contributed by atoms with Crippen LogP contribution < -0.4 is 19.7 Å². The van der Waals surface area contributed by atoms with Crippen LogP contribution in [-0.2, 0) is 11.3 Å². The lowest BCUT2D eigenvalue weighted by atomic mass is 10.1. The molecular weight excluding hydrogens is 398 g/mol. The van der Waals surface area contributed by atoms with E-state index in [1.54, 1.807) is 6.20 Å². The molecule has 2 aliphatic heterocycles. The molecule has 0 spiro atoms. The highest BCUT2D eigenvalue weighted by Crippen LogP contribution is 2.32. The van der Waals surface area contributed by atoms with E-state index in [9.17, 15) is 4.79 Å². The lowest BCUT2D eigenvalue weighted by Crippen LogP contribution is -2.37. The average molecular weight is 421 g/mol. The first kappa shape index (κ1) is 19.4. The van der Waals surface area contributed by atoms with Crippen molar-refractivity contribution < 1.29 is 19.0 Å². The third kappa shape index (κ3) is 4.04. The number of aryl methyl sites for hydroxylation is 1. The van der Waals surface area contributed by atoms with Crippen molar-refractivity contribution in [2.24, 2.45) is 0 Å². The van der Waals surface area contributed by atoms with Gasteiger partial charge in [-0.15, -0.1) is 0 Å². The van der Waals surface area contributed by atoms with Crippen LogP contribution in [0, 0.1) is 6.92 Å². The van der Waals surface area contributed by atoms with Gasteiger partial charge >= 0.3 is 0 Å². The topological polar surface area (TPSA) is 102 Å². The molecule has 1 fully saturated rings. The molecule has 0 atom stereocenters. The molecule has 160 valence electrons. The van der Waals surface area contributed by atoms with E-state index >= 15 is 0 Å². The number of nitrogens with zero attached hydrogens (tertiary/aromatic N) is 3. The number of amides is 1. The van der Waals surface area contributed by atoms with Gasteiger partial charge in [0, 0.05) is 37.6 Å². The molecule has 0 aliphatic carbocycles. The van der Waals surface area contributed by atoms with Crippen molar-refractivity contribution in [1.82, 2.24) is 20.3 Å². The van der Waals surface area contributed by atoms with E-state index in [1.807, 2.05) is 37.4 Å². The number of H-pyrrole nitrogens is 1. The van der Waals surface area contributed by atoms with Crippen LogP contribution in [0.5, 0.6) is 11.5 Å². The molecule has 31 heavy (non-hydrogen) atoms. The van der Waals surface area contributed by atoms with Gasteiger partial charge in [0.05, 0.1) is 18.9 Å². The summed E-state index contributed by atoms with van der Waals surface area (Å²) in [4.78, 5) is 27.0. The lowest BCUT2D eigenvalue weighted by molar-refractivity contribution is 0.0946. The molecule has 1 aromatic carbocycles. The van der Waals surface area contributed by atoms with Crippen LogP contribution in [0.1, 0.15) is 21.6 Å². The molecule has 9 nitrogen and oxygen atoms in total. The fourth-order valence-electron chi connectivity index (χ4n) is 3.63. The first-order valence-corrected chi connectivity index (χ1v) is 10.2. The number of aromatic nitrogens is 3. The van der Waals surface area contributed by atoms with E-state index in [4.69, 9.17) is 19.2 Å². The predicted octanol–water partition coefficient (Wildman–Crippen LogP) is 2.28. The molecule has 0 radical (unpaired) electrons. The Morgan fingerprint density at radius 2 is 2.03 bits per heavy atom. The van der Waals surface area contributed by atoms with Crippen LogP contribution in [0.4, 0.5) is 5.95 Å². The highest BCUT2D eigenvalue weighted by molar-refractivity contribution is 5.93. The molecule has 1 saturated heterocycles. The van der Waals surface area contributed by atoms with E-state index in [0.29, 0.717) is 37.2 Å². The number of anilines is 1. The fourth-order valence-corrected chi connectivity index (χ4v) is 3.63. The van der Waals surface area contributed by atoms with Crippen LogP contribution in [0.15, 0.2) is 36.7 Å². The SMILES string of the molecule is Cc1cnc(N2CCOCC2)nc1-c1c[nH]c(C(=O)NCc2ccc3c(c2)OCO3)c1. The Kier molecular flexibility index (Phi) is 5.17. The Hall–Kier alpha value is -3.59. The van der Waals surface area contributed by atoms with Crippen molar-refractivity contribution in [3.8, 4) is 22.8 Å². The normalized spacial score (nSPS) is 15.2. The summed E-state index contributed by atoms with van der Waals surface area (Å²) in [7, 11) is 0. The number of hydrogen-bond donors (Lipinski definition) is 2. The zero-order chi connectivity index (χ0) is 21.2. The van der Waals surface area contributed by atoms with Gasteiger partial charge in [0.15, 0.2) is 11.5 Å². The maximum atomic E-state index is 12.6. The van der Waals surface area contributed by atoms with Gasteiger partial charge in [0.25, 0.3) is 5.91 Å². The van der Waals surface area contributed by atoms with Gasteiger partial charge in [-0.1, -0.05) is 6.07 Å². The third-order valence-electron chi connectivity index (χ3n) is 5.34. The van der Waals surface area contributed by atoms with Crippen molar-refractivity contribution in [1.29, 1.82) is 0 Å². The van der Waals surface area contributed by atoms with Crippen molar-refractivity contribution in [3.63, 3.8) is 0 Å². The fraction of sp³-hybridized carbons (Fsp3) is 0.318. The maximum Gasteiger partial charge on any atom is 0.267 e. The highest BCUT2D eigenvalue weighted by atomic mass is 16.7. The number of carbonyl (C=O) groups excluding carboxylic acids is 1. The molecule has 0 unspecified atom stereocenters. The average Bonchev–Trinajstić information content (AvgIpc) is 3.48. The first-order chi connectivity index (χ1) is 15.2. The third-order valence-corrected chi connectivity index (χ3v) is 5.34. The van der Waals surface area contributed by atoms with Crippen molar-refractivity contribution in [2.45, 2.75) is 13.5 Å². The lowest BCUT2D eigenvalue weighted by Gasteiger charge is -2.27. The van der Waals surface area contributed by atoms with Gasteiger partial charge in [-0.2, -0.15) is 0 Å². The van der Waals surface area contributed by atoms with Crippen molar-refractivity contribution in [2.75, 3.05) is 38.0 Å². The van der Waals surface area contributed by atoms with Gasteiger partial charge in [0.1, 0.15) is 5.69 Å². The zero-order valence-electron chi connectivity index (χ0n) is 17.2. The van der Waals surface area contributed by atoms with Gasteiger partial charge in [-0.05, 0) is 36.2 Å². The van der Waals surface area contributed by atoms with Crippen LogP contribution in [0.2, 0.25) is 0 Å². The summed E-state index contributed by atoms with van der Waals surface area (Å²) in [6, 6.07) is 7.44. The number of hydrogen-bond acceptors (Lipinski definition) is 7. The first-order valence-electron chi connectivity index (χ1n) is 10.2. The molecule has 0 bridgehead atoms. The smallest absolute Gasteiger partial charge is 0.267 e. The van der Waals surface area contributed by atoms with Gasteiger partial charge in [-0.25, -0.2) is 9.97 Å². The molecule has 9 heteroatoms. The highest BCUT2D eigenvalue weighted by Gasteiger charge is 2.18. The second-order valence-corrected chi connectivity index (χ2v) is 7.47. The summed E-state index contributed by atoms with van der Waals surface area (Å²) in [5, 5.41) is 2.93. The number of nitrogens with one attached hydrogen (secondary N) is 2. The monoisotopic (exact) mass is 421 g/mol.